The van der Waals surface area contributed by atoms with Crippen molar-refractivity contribution in [2.75, 3.05) is 0 Å². The molecule has 1 rings (SSSR count). The minimum Gasteiger partial charge on any atom is -0.481 e. The lowest BCUT2D eigenvalue weighted by Crippen LogP contribution is -2.36. The third kappa shape index (κ3) is 4.50. The number of aliphatic carboxylic acids is 1. The third-order valence-corrected chi connectivity index (χ3v) is 2.79. The smallest absolute Gasteiger partial charge is 0.305 e. The highest BCUT2D eigenvalue weighted by molar-refractivity contribution is 6.00. The van der Waals surface area contributed by atoms with Gasteiger partial charge < -0.3 is 10.4 Å². The molecule has 6 nitrogen and oxygen atoms in total. The van der Waals surface area contributed by atoms with E-state index in [9.17, 15) is 14.4 Å². The number of aromatic nitrogens is 1. The predicted octanol–water partition coefficient (Wildman–Crippen LogP) is 0.939. The molecular weight excluding hydrogens is 248 g/mol. The topological polar surface area (TPSA) is 96.4 Å². The van der Waals surface area contributed by atoms with Gasteiger partial charge in [-0.05, 0) is 25.5 Å². The summed E-state index contributed by atoms with van der Waals surface area (Å²) < 4.78 is 0. The summed E-state index contributed by atoms with van der Waals surface area (Å²) in [6.07, 6.45) is 2.79. The Kier molecular flexibility index (Phi) is 5.17. The number of rotatable bonds is 6. The molecule has 1 amide bonds. The first-order valence-electron chi connectivity index (χ1n) is 5.84. The van der Waals surface area contributed by atoms with E-state index in [1.54, 1.807) is 18.3 Å². The van der Waals surface area contributed by atoms with Gasteiger partial charge in [-0.15, -0.1) is 0 Å². The average molecular weight is 264 g/mol. The molecule has 6 heteroatoms. The van der Waals surface area contributed by atoms with Crippen LogP contribution in [0.2, 0.25) is 0 Å². The Morgan fingerprint density at radius 3 is 2.58 bits per heavy atom. The van der Waals surface area contributed by atoms with Crippen molar-refractivity contribution < 1.29 is 19.5 Å². The van der Waals surface area contributed by atoms with Gasteiger partial charge in [0.05, 0.1) is 18.4 Å². The van der Waals surface area contributed by atoms with Crippen molar-refractivity contribution in [1.29, 1.82) is 0 Å². The maximum absolute atomic E-state index is 11.8. The van der Waals surface area contributed by atoms with E-state index in [2.05, 4.69) is 10.3 Å². The molecular formula is C13H16N2O4. The van der Waals surface area contributed by atoms with Crippen LogP contribution < -0.4 is 5.32 Å². The zero-order chi connectivity index (χ0) is 14.4. The van der Waals surface area contributed by atoms with Gasteiger partial charge in [0.25, 0.3) is 0 Å². The normalized spacial score (nSPS) is 13.4. The number of carbonyl (C=O) groups is 3. The van der Waals surface area contributed by atoms with Gasteiger partial charge in [-0.3, -0.25) is 19.4 Å². The summed E-state index contributed by atoms with van der Waals surface area (Å²) >= 11 is 0. The van der Waals surface area contributed by atoms with Gasteiger partial charge in [0.15, 0.2) is 0 Å². The molecule has 0 fully saturated rings. The number of carboxylic acid groups (broad SMARTS) is 1. The molecule has 0 spiro atoms. The summed E-state index contributed by atoms with van der Waals surface area (Å²) in [7, 11) is 0. The summed E-state index contributed by atoms with van der Waals surface area (Å²) in [4.78, 5) is 37.7. The fraction of sp³-hybridized carbons (Fsp3) is 0.385. The van der Waals surface area contributed by atoms with Crippen LogP contribution in [-0.2, 0) is 14.4 Å². The Morgan fingerprint density at radius 1 is 1.42 bits per heavy atom. The second kappa shape index (κ2) is 6.63. The fourth-order valence-electron chi connectivity index (χ4n) is 1.49. The molecule has 0 saturated heterocycles. The monoisotopic (exact) mass is 264 g/mol. The molecule has 0 aliphatic heterocycles. The van der Waals surface area contributed by atoms with Crippen LogP contribution in [0.3, 0.4) is 0 Å². The molecule has 0 aliphatic carbocycles. The van der Waals surface area contributed by atoms with Crippen molar-refractivity contribution in [3.63, 3.8) is 0 Å². The van der Waals surface area contributed by atoms with Gasteiger partial charge in [0.1, 0.15) is 5.78 Å². The van der Waals surface area contributed by atoms with Crippen LogP contribution in [0.15, 0.2) is 24.5 Å². The molecule has 1 heterocycles. The van der Waals surface area contributed by atoms with Crippen molar-refractivity contribution in [3.05, 3.63) is 30.1 Å². The minimum atomic E-state index is -1.04. The SMILES string of the molecule is CC(=O)C(C)C(=O)NC(CC(=O)O)c1cccnc1. The summed E-state index contributed by atoms with van der Waals surface area (Å²) in [5.74, 6) is -2.59. The van der Waals surface area contributed by atoms with Gasteiger partial charge in [0, 0.05) is 12.4 Å². The summed E-state index contributed by atoms with van der Waals surface area (Å²) in [5.41, 5.74) is 0.592. The molecule has 0 bridgehead atoms. The molecule has 2 atom stereocenters. The maximum atomic E-state index is 11.8. The lowest BCUT2D eigenvalue weighted by Gasteiger charge is -2.18. The first kappa shape index (κ1) is 14.8. The molecule has 0 aliphatic rings. The number of hydrogen-bond donors (Lipinski definition) is 2. The van der Waals surface area contributed by atoms with Crippen LogP contribution in [0, 0.1) is 5.92 Å². The molecule has 1 aromatic rings. The van der Waals surface area contributed by atoms with E-state index >= 15 is 0 Å². The Labute approximate surface area is 110 Å². The third-order valence-electron chi connectivity index (χ3n) is 2.79. The van der Waals surface area contributed by atoms with E-state index in [1.165, 1.54) is 20.0 Å². The molecule has 2 N–H and O–H groups in total. The highest BCUT2D eigenvalue weighted by Crippen LogP contribution is 2.16. The first-order valence-corrected chi connectivity index (χ1v) is 5.84. The lowest BCUT2D eigenvalue weighted by molar-refractivity contribution is -0.138. The molecule has 19 heavy (non-hydrogen) atoms. The second-order valence-corrected chi connectivity index (χ2v) is 4.28. The van der Waals surface area contributed by atoms with E-state index in [1.807, 2.05) is 0 Å². The number of nitrogens with zero attached hydrogens (tertiary/aromatic N) is 1. The van der Waals surface area contributed by atoms with E-state index in [-0.39, 0.29) is 12.2 Å². The zero-order valence-electron chi connectivity index (χ0n) is 10.8. The van der Waals surface area contributed by atoms with Crippen LogP contribution in [-0.4, -0.2) is 27.8 Å². The Bertz CT molecular complexity index is 473. The predicted molar refractivity (Wildman–Crippen MR) is 67.2 cm³/mol. The molecule has 0 aromatic carbocycles. The second-order valence-electron chi connectivity index (χ2n) is 4.28. The average Bonchev–Trinajstić information content (AvgIpc) is 2.37. The molecule has 1 aromatic heterocycles. The van der Waals surface area contributed by atoms with Crippen molar-refractivity contribution in [2.24, 2.45) is 5.92 Å². The maximum Gasteiger partial charge on any atom is 0.305 e. The molecule has 0 saturated carbocycles. The van der Waals surface area contributed by atoms with Crippen LogP contribution in [0.25, 0.3) is 0 Å². The quantitative estimate of drug-likeness (QED) is 0.745. The van der Waals surface area contributed by atoms with Crippen LogP contribution in [0.5, 0.6) is 0 Å². The van der Waals surface area contributed by atoms with Crippen LogP contribution in [0.4, 0.5) is 0 Å². The Hall–Kier alpha value is -2.24. The van der Waals surface area contributed by atoms with Gasteiger partial charge >= 0.3 is 5.97 Å². The summed E-state index contributed by atoms with van der Waals surface area (Å²) in [5, 5.41) is 11.4. The Morgan fingerprint density at radius 2 is 2.11 bits per heavy atom. The molecule has 0 radical (unpaired) electrons. The van der Waals surface area contributed by atoms with Gasteiger partial charge in [-0.2, -0.15) is 0 Å². The Balaban J connectivity index is 2.84. The van der Waals surface area contributed by atoms with Gasteiger partial charge in [-0.1, -0.05) is 6.07 Å². The number of ketones is 1. The molecule has 2 unspecified atom stereocenters. The molecule has 102 valence electrons. The number of Topliss-reactive ketones (excluding diaryl/α,β-unsaturated/α-hetero) is 1. The van der Waals surface area contributed by atoms with E-state index < -0.39 is 23.8 Å². The fourth-order valence-corrected chi connectivity index (χ4v) is 1.49. The summed E-state index contributed by atoms with van der Waals surface area (Å²) in [6, 6.07) is 2.64. The van der Waals surface area contributed by atoms with Crippen molar-refractivity contribution in [1.82, 2.24) is 10.3 Å². The van der Waals surface area contributed by atoms with Gasteiger partial charge in [-0.25, -0.2) is 0 Å². The number of pyridine rings is 1. The van der Waals surface area contributed by atoms with E-state index in [0.717, 1.165) is 0 Å². The number of amides is 1. The number of carboxylic acids is 1. The van der Waals surface area contributed by atoms with E-state index in [0.29, 0.717) is 5.56 Å². The lowest BCUT2D eigenvalue weighted by atomic mass is 10.0. The highest BCUT2D eigenvalue weighted by atomic mass is 16.4. The zero-order valence-corrected chi connectivity index (χ0v) is 10.8. The van der Waals surface area contributed by atoms with E-state index in [4.69, 9.17) is 5.11 Å². The van der Waals surface area contributed by atoms with Crippen molar-refractivity contribution in [3.8, 4) is 0 Å². The number of carbonyl (C=O) groups excluding carboxylic acids is 2. The standard InChI is InChI=1S/C13H16N2O4/c1-8(9(2)16)13(19)15-11(6-12(17)18)10-4-3-5-14-7-10/h3-5,7-8,11H,6H2,1-2H3,(H,15,19)(H,17,18). The number of nitrogens with one attached hydrogen (secondary N) is 1. The van der Waals surface area contributed by atoms with Crippen LogP contribution >= 0.6 is 0 Å². The van der Waals surface area contributed by atoms with Crippen molar-refractivity contribution in [2.45, 2.75) is 26.3 Å². The van der Waals surface area contributed by atoms with Crippen LogP contribution in [0.1, 0.15) is 31.9 Å². The van der Waals surface area contributed by atoms with Gasteiger partial charge in [0.2, 0.25) is 5.91 Å². The number of hydrogen-bond acceptors (Lipinski definition) is 4. The largest absolute Gasteiger partial charge is 0.481 e. The summed E-state index contributed by atoms with van der Waals surface area (Å²) in [6.45, 7) is 2.80. The minimum absolute atomic E-state index is 0.262. The first-order chi connectivity index (χ1) is 8.91. The highest BCUT2D eigenvalue weighted by Gasteiger charge is 2.23. The van der Waals surface area contributed by atoms with Crippen molar-refractivity contribution >= 4 is 17.7 Å².